The third-order valence-corrected chi connectivity index (χ3v) is 2.43. The van der Waals surface area contributed by atoms with Crippen LogP contribution in [0.15, 0.2) is 30.3 Å². The predicted molar refractivity (Wildman–Crippen MR) is 50.6 cm³/mol. The van der Waals surface area contributed by atoms with Gasteiger partial charge >= 0.3 is 88.5 Å². The number of benzene rings is 1. The molecule has 0 aromatic heterocycles. The molecule has 1 rings (SSSR count). The molecule has 0 saturated heterocycles. The molecule has 0 fully saturated rings. The summed E-state index contributed by atoms with van der Waals surface area (Å²) in [5.41, 5.74) is 0.760. The molecule has 4 heteroatoms. The summed E-state index contributed by atoms with van der Waals surface area (Å²) >= 11 is 0.568. The first-order valence-electron chi connectivity index (χ1n) is 4.07. The molecule has 0 heterocycles. The second-order valence-corrected chi connectivity index (χ2v) is 4.06. The fourth-order valence-corrected chi connectivity index (χ4v) is 1.37. The summed E-state index contributed by atoms with van der Waals surface area (Å²) in [6.07, 6.45) is 0. The number of carbonyl (C=O) groups excluding carboxylic acids is 2. The Labute approximate surface area is 88.9 Å². The summed E-state index contributed by atoms with van der Waals surface area (Å²) in [5.74, 6) is -0.133. The van der Waals surface area contributed by atoms with E-state index >= 15 is 0 Å². The molecule has 0 atom stereocenters. The number of rotatable bonds is 4. The van der Waals surface area contributed by atoms with Gasteiger partial charge in [0.25, 0.3) is 0 Å². The zero-order valence-electron chi connectivity index (χ0n) is 7.74. The van der Waals surface area contributed by atoms with Crippen molar-refractivity contribution in [2.75, 3.05) is 5.32 Å². The Hall–Kier alpha value is -1.13. The molecule has 0 spiro atoms. The van der Waals surface area contributed by atoms with Gasteiger partial charge in [-0.3, -0.25) is 0 Å². The number of hydrogen-bond donors (Lipinski definition) is 1. The van der Waals surface area contributed by atoms with E-state index in [1.54, 1.807) is 0 Å². The van der Waals surface area contributed by atoms with Crippen LogP contribution in [0.3, 0.4) is 0 Å². The minimum absolute atomic E-state index is 0.00413. The normalized spacial score (nSPS) is 9.79. The van der Waals surface area contributed by atoms with E-state index in [1.807, 2.05) is 30.3 Å². The van der Waals surface area contributed by atoms with Gasteiger partial charge in [0.05, 0.1) is 0 Å². The Kier molecular flexibility index (Phi) is 4.35. The molecule has 77 valence electrons. The van der Waals surface area contributed by atoms with Gasteiger partial charge in [-0.25, -0.2) is 0 Å². The Morgan fingerprint density at radius 2 is 1.93 bits per heavy atom. The van der Waals surface area contributed by atoms with Crippen LogP contribution in [0.1, 0.15) is 6.92 Å². The fourth-order valence-electron chi connectivity index (χ4n) is 0.848. The molecule has 0 saturated carbocycles. The first-order valence-corrected chi connectivity index (χ1v) is 5.33. The van der Waals surface area contributed by atoms with E-state index in [1.165, 1.54) is 6.92 Å². The maximum atomic E-state index is 11.2. The monoisotopic (exact) mass is 236 g/mol. The summed E-state index contributed by atoms with van der Waals surface area (Å²) in [6.45, 7) is 1.47. The molecule has 0 aliphatic heterocycles. The maximum absolute atomic E-state index is 11.2. The van der Waals surface area contributed by atoms with Crippen molar-refractivity contribution in [2.45, 2.75) is 12.3 Å². The molecule has 14 heavy (non-hydrogen) atoms. The van der Waals surface area contributed by atoms with Gasteiger partial charge in [0.15, 0.2) is 0 Å². The van der Waals surface area contributed by atoms with Gasteiger partial charge < -0.3 is 0 Å². The Morgan fingerprint density at radius 1 is 1.29 bits per heavy atom. The fraction of sp³-hybridized carbons (Fsp3) is 0.200. The first-order chi connectivity index (χ1) is 6.68. The SMILES string of the molecule is C[C](=O)[Co][CH2]C(=O)Nc1ccccc1. The predicted octanol–water partition coefficient (Wildman–Crippen LogP) is 1.67. The van der Waals surface area contributed by atoms with Crippen LogP contribution >= 0.6 is 0 Å². The van der Waals surface area contributed by atoms with Crippen molar-refractivity contribution in [3.05, 3.63) is 30.3 Å². The molecular weight excluding hydrogens is 225 g/mol. The molecule has 1 amide bonds. The van der Waals surface area contributed by atoms with Crippen LogP contribution in [0.4, 0.5) is 5.69 Å². The second-order valence-electron chi connectivity index (χ2n) is 2.59. The summed E-state index contributed by atoms with van der Waals surface area (Å²) in [6, 6.07) is 9.18. The average Bonchev–Trinajstić information content (AvgIpc) is 2.16. The molecule has 1 N–H and O–H groups in total. The van der Waals surface area contributed by atoms with Crippen LogP contribution in [-0.4, -0.2) is 10.6 Å². The van der Waals surface area contributed by atoms with Crippen LogP contribution in [0.5, 0.6) is 0 Å². The van der Waals surface area contributed by atoms with Crippen molar-refractivity contribution in [1.82, 2.24) is 0 Å². The Bertz CT molecular complexity index is 324. The van der Waals surface area contributed by atoms with Crippen molar-refractivity contribution in [3.63, 3.8) is 0 Å². The molecule has 1 aromatic rings. The number of anilines is 1. The molecular formula is C10H11CoNO2. The molecule has 1 aromatic carbocycles. The summed E-state index contributed by atoms with van der Waals surface area (Å²) in [7, 11) is 0. The Morgan fingerprint density at radius 3 is 2.50 bits per heavy atom. The van der Waals surface area contributed by atoms with E-state index in [4.69, 9.17) is 0 Å². The van der Waals surface area contributed by atoms with E-state index in [9.17, 15) is 9.59 Å². The van der Waals surface area contributed by atoms with Crippen molar-refractivity contribution < 1.29 is 24.3 Å². The second kappa shape index (κ2) is 5.57. The number of para-hydroxylation sites is 1. The third kappa shape index (κ3) is 4.20. The summed E-state index contributed by atoms with van der Waals surface area (Å²) in [4.78, 5) is 21.9. The standard InChI is InChI=1S/C8H8NO.C2H3O.Co/c1-7(10)9-8-5-3-2-4-6-8;1-2-3;/h2-6H,1H2,(H,9,10);1H3;. The first kappa shape index (κ1) is 10.9. The van der Waals surface area contributed by atoms with Gasteiger partial charge in [0.2, 0.25) is 0 Å². The zero-order valence-corrected chi connectivity index (χ0v) is 8.78. The van der Waals surface area contributed by atoms with Crippen molar-refractivity contribution in [1.29, 1.82) is 0 Å². The third-order valence-electron chi connectivity index (χ3n) is 1.39. The number of carbonyl (C=O) groups is 2. The average molecular weight is 236 g/mol. The van der Waals surface area contributed by atoms with E-state index in [0.717, 1.165) is 5.69 Å². The van der Waals surface area contributed by atoms with Crippen LogP contribution in [0.25, 0.3) is 0 Å². The van der Waals surface area contributed by atoms with Crippen molar-refractivity contribution in [3.8, 4) is 0 Å². The Balaban J connectivity index is 2.38. The molecule has 0 unspecified atom stereocenters. The van der Waals surface area contributed by atoms with Gasteiger partial charge in [-0.1, -0.05) is 0 Å². The molecule has 0 aliphatic rings. The van der Waals surface area contributed by atoms with Crippen LogP contribution < -0.4 is 5.32 Å². The number of nitrogens with one attached hydrogen (secondary N) is 1. The quantitative estimate of drug-likeness (QED) is 0.864. The van der Waals surface area contributed by atoms with E-state index in [-0.39, 0.29) is 16.0 Å². The zero-order chi connectivity index (χ0) is 10.4. The minimum atomic E-state index is -0.133. The summed E-state index contributed by atoms with van der Waals surface area (Å²) < 4.78 is 0.00413. The van der Waals surface area contributed by atoms with E-state index in [0.29, 0.717) is 14.7 Å². The van der Waals surface area contributed by atoms with Gasteiger partial charge in [-0.15, -0.1) is 0 Å². The number of amides is 1. The van der Waals surface area contributed by atoms with Gasteiger partial charge in [-0.05, 0) is 0 Å². The van der Waals surface area contributed by atoms with Gasteiger partial charge in [0, 0.05) is 0 Å². The molecule has 0 aliphatic carbocycles. The van der Waals surface area contributed by atoms with Crippen molar-refractivity contribution >= 4 is 16.3 Å². The van der Waals surface area contributed by atoms with Gasteiger partial charge in [0.1, 0.15) is 0 Å². The van der Waals surface area contributed by atoms with Crippen LogP contribution in [0.2, 0.25) is 5.36 Å². The van der Waals surface area contributed by atoms with Crippen LogP contribution in [0, 0.1) is 0 Å². The van der Waals surface area contributed by atoms with Gasteiger partial charge in [-0.2, -0.15) is 0 Å². The van der Waals surface area contributed by atoms with Crippen LogP contribution in [-0.2, 0) is 24.3 Å². The molecule has 3 nitrogen and oxygen atoms in total. The van der Waals surface area contributed by atoms with E-state index in [2.05, 4.69) is 5.32 Å². The molecule has 0 radical (unpaired) electrons. The topological polar surface area (TPSA) is 46.2 Å². The van der Waals surface area contributed by atoms with Crippen molar-refractivity contribution in [2.24, 2.45) is 0 Å². The summed E-state index contributed by atoms with van der Waals surface area (Å²) in [5, 5.41) is 2.92. The van der Waals surface area contributed by atoms with E-state index < -0.39 is 0 Å². The molecule has 0 bridgehead atoms. The number of hydrogen-bond acceptors (Lipinski definition) is 2.